The summed E-state index contributed by atoms with van der Waals surface area (Å²) < 4.78 is 0. The first kappa shape index (κ1) is 13.1. The Morgan fingerprint density at radius 2 is 2.11 bits per heavy atom. The Bertz CT molecular complexity index is 448. The Labute approximate surface area is 111 Å². The number of hydrogen-bond acceptors (Lipinski definition) is 4. The molecule has 4 nitrogen and oxygen atoms in total. The number of rotatable bonds is 4. The minimum Gasteiger partial charge on any atom is -0.396 e. The van der Waals surface area contributed by atoms with Crippen molar-refractivity contribution in [3.05, 3.63) is 30.3 Å². The number of aliphatic imine (C=N–C) groups is 1. The van der Waals surface area contributed by atoms with Gasteiger partial charge >= 0.3 is 0 Å². The van der Waals surface area contributed by atoms with Gasteiger partial charge in [-0.2, -0.15) is 4.99 Å². The molecule has 96 valence electrons. The van der Waals surface area contributed by atoms with E-state index in [9.17, 15) is 4.79 Å². The normalized spacial score (nSPS) is 18.9. The monoisotopic (exact) mass is 264 g/mol. The van der Waals surface area contributed by atoms with Crippen LogP contribution in [0.15, 0.2) is 35.3 Å². The van der Waals surface area contributed by atoms with Crippen LogP contribution in [0.1, 0.15) is 13.3 Å². The molecule has 1 aliphatic heterocycles. The average Bonchev–Trinajstić information content (AvgIpc) is 2.74. The van der Waals surface area contributed by atoms with Crippen molar-refractivity contribution in [2.45, 2.75) is 18.6 Å². The lowest BCUT2D eigenvalue weighted by Crippen LogP contribution is -2.27. The molecule has 1 aromatic carbocycles. The number of aliphatic hydroxyl groups is 1. The van der Waals surface area contributed by atoms with Crippen LogP contribution in [0.3, 0.4) is 0 Å². The van der Waals surface area contributed by atoms with Crippen molar-refractivity contribution in [3.8, 4) is 0 Å². The number of hydrogen-bond donors (Lipinski definition) is 1. The molecule has 2 rings (SSSR count). The van der Waals surface area contributed by atoms with Gasteiger partial charge in [0.2, 0.25) is 0 Å². The van der Waals surface area contributed by atoms with Crippen LogP contribution >= 0.6 is 11.8 Å². The highest BCUT2D eigenvalue weighted by Crippen LogP contribution is 2.29. The number of amidine groups is 1. The molecule has 1 heterocycles. The van der Waals surface area contributed by atoms with Crippen molar-refractivity contribution in [3.63, 3.8) is 0 Å². The maximum absolute atomic E-state index is 11.7. The van der Waals surface area contributed by atoms with Crippen LogP contribution in [0.25, 0.3) is 0 Å². The molecular formula is C13H16N2O2S. The van der Waals surface area contributed by atoms with Gasteiger partial charge in [-0.3, -0.25) is 4.79 Å². The summed E-state index contributed by atoms with van der Waals surface area (Å²) >= 11 is 1.44. The van der Waals surface area contributed by atoms with Gasteiger partial charge in [-0.15, -0.1) is 0 Å². The van der Waals surface area contributed by atoms with Crippen LogP contribution in [0.4, 0.5) is 5.69 Å². The molecule has 1 N–H and O–H groups in total. The molecule has 1 aromatic rings. The zero-order chi connectivity index (χ0) is 13.0. The summed E-state index contributed by atoms with van der Waals surface area (Å²) in [7, 11) is 0. The topological polar surface area (TPSA) is 52.9 Å². The number of para-hydroxylation sites is 1. The van der Waals surface area contributed by atoms with Crippen molar-refractivity contribution in [2.75, 3.05) is 18.1 Å². The van der Waals surface area contributed by atoms with E-state index in [1.165, 1.54) is 11.8 Å². The molecule has 0 fully saturated rings. The van der Waals surface area contributed by atoms with Crippen molar-refractivity contribution in [1.82, 2.24) is 0 Å². The molecule has 0 saturated carbocycles. The molecule has 0 saturated heterocycles. The summed E-state index contributed by atoms with van der Waals surface area (Å²) in [5, 5.41) is 9.41. The van der Waals surface area contributed by atoms with E-state index in [4.69, 9.17) is 5.11 Å². The summed E-state index contributed by atoms with van der Waals surface area (Å²) in [6, 6.07) is 9.88. The molecule has 0 aromatic heterocycles. The van der Waals surface area contributed by atoms with Gasteiger partial charge < -0.3 is 10.0 Å². The molecule has 0 aliphatic carbocycles. The predicted octanol–water partition coefficient (Wildman–Crippen LogP) is 1.89. The van der Waals surface area contributed by atoms with Gasteiger partial charge in [-0.05, 0) is 25.5 Å². The summed E-state index contributed by atoms with van der Waals surface area (Å²) in [4.78, 5) is 17.8. The van der Waals surface area contributed by atoms with Gasteiger partial charge in [0.15, 0.2) is 5.17 Å². The number of carbonyl (C=O) groups is 1. The van der Waals surface area contributed by atoms with Crippen LogP contribution < -0.4 is 4.90 Å². The molecule has 5 heteroatoms. The highest BCUT2D eigenvalue weighted by Gasteiger charge is 2.30. The molecule has 1 unspecified atom stereocenters. The van der Waals surface area contributed by atoms with E-state index in [0.29, 0.717) is 6.42 Å². The quantitative estimate of drug-likeness (QED) is 0.902. The van der Waals surface area contributed by atoms with Crippen molar-refractivity contribution < 1.29 is 9.90 Å². The minimum atomic E-state index is -0.234. The van der Waals surface area contributed by atoms with Crippen molar-refractivity contribution >= 4 is 28.5 Å². The smallest absolute Gasteiger partial charge is 0.261 e. The molecule has 1 atom stereocenters. The number of carbonyl (C=O) groups excluding carboxylic acids is 1. The molecule has 1 amide bonds. The van der Waals surface area contributed by atoms with E-state index < -0.39 is 0 Å². The summed E-state index contributed by atoms with van der Waals surface area (Å²) in [5.41, 5.74) is 1.03. The molecule has 0 bridgehead atoms. The van der Waals surface area contributed by atoms with E-state index in [2.05, 4.69) is 4.99 Å². The first-order valence-electron chi connectivity index (χ1n) is 5.99. The number of anilines is 1. The Hall–Kier alpha value is -1.33. The van der Waals surface area contributed by atoms with E-state index in [-0.39, 0.29) is 17.8 Å². The second-order valence-electron chi connectivity index (χ2n) is 3.93. The fourth-order valence-corrected chi connectivity index (χ4v) is 2.97. The third-order valence-corrected chi connectivity index (χ3v) is 3.98. The first-order chi connectivity index (χ1) is 8.76. The Morgan fingerprint density at radius 3 is 2.72 bits per heavy atom. The zero-order valence-electron chi connectivity index (χ0n) is 10.2. The Balaban J connectivity index is 2.16. The fourth-order valence-electron chi connectivity index (χ4n) is 1.83. The van der Waals surface area contributed by atoms with E-state index >= 15 is 0 Å². The van der Waals surface area contributed by atoms with E-state index in [1.807, 2.05) is 42.2 Å². The third-order valence-electron chi connectivity index (χ3n) is 2.74. The zero-order valence-corrected chi connectivity index (χ0v) is 11.1. The standard InChI is InChI=1S/C13H16N2O2S/c1-2-15(10-6-4-3-5-7-10)13-14-12(17)11(18-13)8-9-16/h3-7,11,16H,2,8-9H2,1H3. The lowest BCUT2D eigenvalue weighted by molar-refractivity contribution is -0.117. The fraction of sp³-hybridized carbons (Fsp3) is 0.385. The largest absolute Gasteiger partial charge is 0.396 e. The van der Waals surface area contributed by atoms with E-state index in [1.54, 1.807) is 0 Å². The minimum absolute atomic E-state index is 0.0175. The van der Waals surface area contributed by atoms with Crippen LogP contribution in [0.2, 0.25) is 0 Å². The molecule has 1 aliphatic rings. The number of thioether (sulfide) groups is 1. The third kappa shape index (κ3) is 2.73. The molecular weight excluding hydrogens is 248 g/mol. The average molecular weight is 264 g/mol. The second kappa shape index (κ2) is 6.02. The van der Waals surface area contributed by atoms with Gasteiger partial charge in [-0.1, -0.05) is 30.0 Å². The SMILES string of the molecule is CCN(C1=NC(=O)C(CCO)S1)c1ccccc1. The number of benzene rings is 1. The van der Waals surface area contributed by atoms with Crippen LogP contribution in [-0.4, -0.2) is 34.6 Å². The van der Waals surface area contributed by atoms with Gasteiger partial charge in [0.05, 0.1) is 5.25 Å². The maximum atomic E-state index is 11.7. The molecule has 0 spiro atoms. The first-order valence-corrected chi connectivity index (χ1v) is 6.87. The van der Waals surface area contributed by atoms with Gasteiger partial charge in [0, 0.05) is 18.8 Å². The maximum Gasteiger partial charge on any atom is 0.261 e. The Morgan fingerprint density at radius 1 is 1.39 bits per heavy atom. The van der Waals surface area contributed by atoms with E-state index in [0.717, 1.165) is 17.4 Å². The van der Waals surface area contributed by atoms with Gasteiger partial charge in [0.1, 0.15) is 0 Å². The molecule has 0 radical (unpaired) electrons. The number of amides is 1. The lowest BCUT2D eigenvalue weighted by atomic mass is 10.3. The van der Waals surface area contributed by atoms with Crippen LogP contribution in [-0.2, 0) is 4.79 Å². The summed E-state index contributed by atoms with van der Waals surface area (Å²) in [5.74, 6) is -0.140. The van der Waals surface area contributed by atoms with Crippen LogP contribution in [0.5, 0.6) is 0 Å². The highest BCUT2D eigenvalue weighted by atomic mass is 32.2. The second-order valence-corrected chi connectivity index (χ2v) is 5.10. The predicted molar refractivity (Wildman–Crippen MR) is 75.0 cm³/mol. The number of aliphatic hydroxyl groups excluding tert-OH is 1. The summed E-state index contributed by atoms with van der Waals surface area (Å²) in [6.45, 7) is 2.80. The highest BCUT2D eigenvalue weighted by molar-refractivity contribution is 8.15. The lowest BCUT2D eigenvalue weighted by Gasteiger charge is -2.22. The van der Waals surface area contributed by atoms with Gasteiger partial charge in [0.25, 0.3) is 5.91 Å². The Kier molecular flexibility index (Phi) is 4.38. The van der Waals surface area contributed by atoms with Crippen molar-refractivity contribution in [2.24, 2.45) is 4.99 Å². The number of nitrogens with zero attached hydrogens (tertiary/aromatic N) is 2. The summed E-state index contributed by atoms with van der Waals surface area (Å²) in [6.07, 6.45) is 0.461. The van der Waals surface area contributed by atoms with Crippen molar-refractivity contribution in [1.29, 1.82) is 0 Å². The van der Waals surface area contributed by atoms with Gasteiger partial charge in [-0.25, -0.2) is 0 Å². The molecule has 18 heavy (non-hydrogen) atoms. The van der Waals surface area contributed by atoms with Crippen LogP contribution in [0, 0.1) is 0 Å².